The predicted octanol–water partition coefficient (Wildman–Crippen LogP) is 3.04. The number of carbonyl (C=O) groups is 1. The highest BCUT2D eigenvalue weighted by Crippen LogP contribution is 2.32. The van der Waals surface area contributed by atoms with Crippen molar-refractivity contribution >= 4 is 6.09 Å². The molecule has 0 saturated carbocycles. The molecule has 1 heterocycles. The zero-order chi connectivity index (χ0) is 11.5. The van der Waals surface area contributed by atoms with Gasteiger partial charge in [-0.2, -0.15) is 0 Å². The van der Waals surface area contributed by atoms with E-state index in [1.807, 2.05) is 11.8 Å². The van der Waals surface area contributed by atoms with E-state index in [4.69, 9.17) is 4.74 Å². The normalized spacial score (nSPS) is 25.9. The van der Waals surface area contributed by atoms with Crippen molar-refractivity contribution in [3.63, 3.8) is 0 Å². The van der Waals surface area contributed by atoms with Crippen molar-refractivity contribution in [3.05, 3.63) is 0 Å². The fraction of sp³-hybridized carbons (Fsp3) is 0.917. The Kier molecular flexibility index (Phi) is 4.00. The molecule has 0 radical (unpaired) electrons. The van der Waals surface area contributed by atoms with Crippen LogP contribution < -0.4 is 0 Å². The van der Waals surface area contributed by atoms with Gasteiger partial charge in [0, 0.05) is 12.1 Å². The van der Waals surface area contributed by atoms with Crippen LogP contribution in [-0.4, -0.2) is 29.7 Å². The molecule has 0 bridgehead atoms. The zero-order valence-electron chi connectivity index (χ0n) is 10.4. The predicted molar refractivity (Wildman–Crippen MR) is 60.8 cm³/mol. The molecule has 0 aliphatic carbocycles. The largest absolute Gasteiger partial charge is 0.450 e. The van der Waals surface area contributed by atoms with Crippen molar-refractivity contribution in [1.29, 1.82) is 0 Å². The van der Waals surface area contributed by atoms with Gasteiger partial charge in [-0.05, 0) is 39.5 Å². The Morgan fingerprint density at radius 1 is 1.47 bits per heavy atom. The van der Waals surface area contributed by atoms with E-state index in [-0.39, 0.29) is 11.6 Å². The van der Waals surface area contributed by atoms with Gasteiger partial charge >= 0.3 is 6.09 Å². The van der Waals surface area contributed by atoms with Crippen LogP contribution in [0.4, 0.5) is 4.79 Å². The molecule has 1 unspecified atom stereocenters. The van der Waals surface area contributed by atoms with Gasteiger partial charge < -0.3 is 9.64 Å². The van der Waals surface area contributed by atoms with E-state index in [1.165, 1.54) is 12.8 Å². The van der Waals surface area contributed by atoms with Crippen LogP contribution in [0.25, 0.3) is 0 Å². The van der Waals surface area contributed by atoms with Crippen LogP contribution in [0.5, 0.6) is 0 Å². The van der Waals surface area contributed by atoms with Crippen molar-refractivity contribution < 1.29 is 9.53 Å². The smallest absolute Gasteiger partial charge is 0.410 e. The molecule has 1 aliphatic rings. The molecule has 1 fully saturated rings. The number of amides is 1. The van der Waals surface area contributed by atoms with Gasteiger partial charge in [0.2, 0.25) is 0 Å². The highest BCUT2D eigenvalue weighted by molar-refractivity contribution is 5.68. The van der Waals surface area contributed by atoms with Gasteiger partial charge in [0.05, 0.1) is 6.61 Å². The molecule has 1 amide bonds. The van der Waals surface area contributed by atoms with Gasteiger partial charge in [0.15, 0.2) is 0 Å². The number of likely N-dealkylation sites (tertiary alicyclic amines) is 1. The number of ether oxygens (including phenoxy) is 1. The second kappa shape index (κ2) is 4.86. The maximum absolute atomic E-state index is 11.8. The molecule has 1 rings (SSSR count). The lowest BCUT2D eigenvalue weighted by Gasteiger charge is -2.40. The first kappa shape index (κ1) is 12.3. The standard InChI is InChI=1S/C12H23NO2/c1-5-15-11(14)13-9-7-6-8-10(2)12(13,3)4/h10H,5-9H2,1-4H3. The second-order valence-corrected chi connectivity index (χ2v) is 4.90. The van der Waals surface area contributed by atoms with Crippen molar-refractivity contribution in [2.24, 2.45) is 5.92 Å². The molecular weight excluding hydrogens is 190 g/mol. The summed E-state index contributed by atoms with van der Waals surface area (Å²) in [6.07, 6.45) is 3.34. The Morgan fingerprint density at radius 2 is 2.13 bits per heavy atom. The first-order chi connectivity index (χ1) is 7.00. The SMILES string of the molecule is CCOC(=O)N1CCCCC(C)C1(C)C. The van der Waals surface area contributed by atoms with Gasteiger partial charge in [-0.3, -0.25) is 0 Å². The minimum absolute atomic E-state index is 0.0806. The number of nitrogens with zero attached hydrogens (tertiary/aromatic N) is 1. The van der Waals surface area contributed by atoms with Gasteiger partial charge in [-0.15, -0.1) is 0 Å². The van der Waals surface area contributed by atoms with Gasteiger partial charge in [0.1, 0.15) is 0 Å². The summed E-state index contributed by atoms with van der Waals surface area (Å²) < 4.78 is 5.11. The molecule has 3 nitrogen and oxygen atoms in total. The van der Waals surface area contributed by atoms with Crippen LogP contribution in [0.15, 0.2) is 0 Å². The van der Waals surface area contributed by atoms with Crippen LogP contribution in [0.2, 0.25) is 0 Å². The first-order valence-corrected chi connectivity index (χ1v) is 5.94. The molecule has 1 atom stereocenters. The summed E-state index contributed by atoms with van der Waals surface area (Å²) in [5.41, 5.74) is -0.0806. The third-order valence-electron chi connectivity index (χ3n) is 3.66. The first-order valence-electron chi connectivity index (χ1n) is 5.94. The summed E-state index contributed by atoms with van der Waals surface area (Å²) in [6, 6.07) is 0. The Bertz CT molecular complexity index is 226. The minimum atomic E-state index is -0.156. The molecule has 0 spiro atoms. The van der Waals surface area contributed by atoms with E-state index in [0.29, 0.717) is 12.5 Å². The van der Waals surface area contributed by atoms with Crippen molar-refractivity contribution in [2.75, 3.05) is 13.2 Å². The quantitative estimate of drug-likeness (QED) is 0.670. The highest BCUT2D eigenvalue weighted by atomic mass is 16.6. The Hall–Kier alpha value is -0.730. The maximum atomic E-state index is 11.8. The molecule has 88 valence electrons. The number of hydrogen-bond acceptors (Lipinski definition) is 2. The van der Waals surface area contributed by atoms with E-state index >= 15 is 0 Å². The van der Waals surface area contributed by atoms with E-state index < -0.39 is 0 Å². The number of rotatable bonds is 1. The summed E-state index contributed by atoms with van der Waals surface area (Å²) in [7, 11) is 0. The van der Waals surface area contributed by atoms with Crippen LogP contribution >= 0.6 is 0 Å². The topological polar surface area (TPSA) is 29.5 Å². The van der Waals surface area contributed by atoms with E-state index in [1.54, 1.807) is 0 Å². The van der Waals surface area contributed by atoms with Crippen molar-refractivity contribution in [2.45, 2.75) is 52.5 Å². The second-order valence-electron chi connectivity index (χ2n) is 4.90. The maximum Gasteiger partial charge on any atom is 0.410 e. The summed E-state index contributed by atoms with van der Waals surface area (Å²) >= 11 is 0. The van der Waals surface area contributed by atoms with E-state index in [0.717, 1.165) is 13.0 Å². The third-order valence-corrected chi connectivity index (χ3v) is 3.66. The summed E-state index contributed by atoms with van der Waals surface area (Å²) in [5, 5.41) is 0. The van der Waals surface area contributed by atoms with Crippen LogP contribution in [-0.2, 0) is 4.74 Å². The van der Waals surface area contributed by atoms with E-state index in [2.05, 4.69) is 20.8 Å². The van der Waals surface area contributed by atoms with Gasteiger partial charge in [-0.1, -0.05) is 13.3 Å². The average Bonchev–Trinajstić information content (AvgIpc) is 2.28. The van der Waals surface area contributed by atoms with Crippen LogP contribution in [0.3, 0.4) is 0 Å². The van der Waals surface area contributed by atoms with Crippen molar-refractivity contribution in [3.8, 4) is 0 Å². The fourth-order valence-corrected chi connectivity index (χ4v) is 2.16. The monoisotopic (exact) mass is 213 g/mol. The number of carbonyl (C=O) groups excluding carboxylic acids is 1. The minimum Gasteiger partial charge on any atom is -0.450 e. The Labute approximate surface area is 92.8 Å². The average molecular weight is 213 g/mol. The van der Waals surface area contributed by atoms with E-state index in [9.17, 15) is 4.79 Å². The highest BCUT2D eigenvalue weighted by Gasteiger charge is 2.37. The fourth-order valence-electron chi connectivity index (χ4n) is 2.16. The molecule has 1 saturated heterocycles. The van der Waals surface area contributed by atoms with Crippen LogP contribution in [0.1, 0.15) is 47.0 Å². The molecular formula is C12H23NO2. The Balaban J connectivity index is 2.78. The summed E-state index contributed by atoms with van der Waals surface area (Å²) in [5.74, 6) is 0.532. The lowest BCUT2D eigenvalue weighted by atomic mass is 9.85. The lowest BCUT2D eigenvalue weighted by Crippen LogP contribution is -2.51. The number of hydrogen-bond donors (Lipinski definition) is 0. The molecule has 0 aromatic rings. The van der Waals surface area contributed by atoms with Gasteiger partial charge in [0.25, 0.3) is 0 Å². The third kappa shape index (κ3) is 2.64. The molecule has 0 aromatic carbocycles. The van der Waals surface area contributed by atoms with Crippen LogP contribution in [0, 0.1) is 5.92 Å². The molecule has 1 aliphatic heterocycles. The summed E-state index contributed by atoms with van der Waals surface area (Å²) in [6.45, 7) is 9.64. The zero-order valence-corrected chi connectivity index (χ0v) is 10.4. The summed E-state index contributed by atoms with van der Waals surface area (Å²) in [4.78, 5) is 13.7. The lowest BCUT2D eigenvalue weighted by molar-refractivity contribution is 0.0489. The molecule has 3 heteroatoms. The molecule has 0 N–H and O–H groups in total. The molecule has 15 heavy (non-hydrogen) atoms. The van der Waals surface area contributed by atoms with Crippen molar-refractivity contribution in [1.82, 2.24) is 4.90 Å². The Morgan fingerprint density at radius 3 is 2.73 bits per heavy atom. The molecule has 0 aromatic heterocycles. The van der Waals surface area contributed by atoms with Gasteiger partial charge in [-0.25, -0.2) is 4.79 Å².